The van der Waals surface area contributed by atoms with Crippen molar-refractivity contribution < 1.29 is 12.6 Å². The second-order valence-corrected chi connectivity index (χ2v) is 5.05. The zero-order valence-corrected chi connectivity index (χ0v) is 9.16. The highest BCUT2D eigenvalue weighted by atomic mass is 32.2. The molecule has 1 aromatic carbocycles. The highest BCUT2D eigenvalue weighted by Crippen LogP contribution is 2.19. The molecule has 1 heterocycles. The molecule has 0 saturated heterocycles. The molecule has 15 heavy (non-hydrogen) atoms. The minimum Gasteiger partial charge on any atom is -0.348 e. The Balaban J connectivity index is 2.29. The maximum Gasteiger partial charge on any atom is 0.341 e. The third-order valence-corrected chi connectivity index (χ3v) is 3.60. The van der Waals surface area contributed by atoms with Gasteiger partial charge in [0.2, 0.25) is 0 Å². The van der Waals surface area contributed by atoms with Gasteiger partial charge in [0, 0.05) is 11.6 Å². The van der Waals surface area contributed by atoms with E-state index < -0.39 is 10.1 Å². The number of hydrogen-bond donors (Lipinski definition) is 0. The molecule has 4 nitrogen and oxygen atoms in total. The number of aromatic nitrogens is 1. The maximum absolute atomic E-state index is 11.6. The summed E-state index contributed by atoms with van der Waals surface area (Å²) < 4.78 is 28.1. The second-order valence-electron chi connectivity index (χ2n) is 2.65. The van der Waals surface area contributed by atoms with Crippen LogP contribution in [0.1, 0.15) is 0 Å². The number of rotatable bonds is 3. The monoisotopic (exact) mass is 241 g/mol. The van der Waals surface area contributed by atoms with Crippen molar-refractivity contribution in [1.82, 2.24) is 4.98 Å². The van der Waals surface area contributed by atoms with Crippen LogP contribution in [0.4, 0.5) is 0 Å². The van der Waals surface area contributed by atoms with Crippen molar-refractivity contribution >= 4 is 21.5 Å². The number of thiazole rings is 1. The molecule has 0 amide bonds. The summed E-state index contributed by atoms with van der Waals surface area (Å²) in [6, 6.07) is 7.96. The standard InChI is InChI=1S/C9H7NO3S2/c11-15(12,8-4-2-1-3-5-8)13-9-10-6-7-14-9/h1-7H. The van der Waals surface area contributed by atoms with Gasteiger partial charge in [-0.15, -0.1) is 0 Å². The number of benzene rings is 1. The first-order valence-corrected chi connectivity index (χ1v) is 6.36. The summed E-state index contributed by atoms with van der Waals surface area (Å²) in [4.78, 5) is 3.87. The molecule has 0 aliphatic rings. The Morgan fingerprint density at radius 3 is 2.53 bits per heavy atom. The van der Waals surface area contributed by atoms with E-state index in [4.69, 9.17) is 4.18 Å². The van der Waals surface area contributed by atoms with Gasteiger partial charge in [-0.2, -0.15) is 8.42 Å². The van der Waals surface area contributed by atoms with Crippen LogP contribution in [-0.2, 0) is 10.1 Å². The first-order chi connectivity index (χ1) is 7.18. The fraction of sp³-hybridized carbons (Fsp3) is 0. The van der Waals surface area contributed by atoms with Gasteiger partial charge < -0.3 is 4.18 Å². The summed E-state index contributed by atoms with van der Waals surface area (Å²) >= 11 is 1.13. The normalized spacial score (nSPS) is 11.2. The zero-order valence-electron chi connectivity index (χ0n) is 7.53. The van der Waals surface area contributed by atoms with Crippen LogP contribution >= 0.6 is 11.3 Å². The molecule has 1 aromatic heterocycles. The smallest absolute Gasteiger partial charge is 0.341 e. The van der Waals surface area contributed by atoms with Gasteiger partial charge in [-0.05, 0) is 12.1 Å². The van der Waals surface area contributed by atoms with Crippen LogP contribution in [0, 0.1) is 0 Å². The molecule has 2 aromatic rings. The van der Waals surface area contributed by atoms with E-state index in [2.05, 4.69) is 4.98 Å². The summed E-state index contributed by atoms with van der Waals surface area (Å²) in [5.41, 5.74) is 0. The lowest BCUT2D eigenvalue weighted by Crippen LogP contribution is -2.09. The van der Waals surface area contributed by atoms with Gasteiger partial charge in [0.05, 0.1) is 0 Å². The Morgan fingerprint density at radius 1 is 1.20 bits per heavy atom. The minimum atomic E-state index is -3.74. The van der Waals surface area contributed by atoms with E-state index in [-0.39, 0.29) is 10.1 Å². The van der Waals surface area contributed by atoms with Crippen molar-refractivity contribution in [2.45, 2.75) is 4.90 Å². The minimum absolute atomic E-state index is 0.124. The second kappa shape index (κ2) is 4.00. The van der Waals surface area contributed by atoms with E-state index in [1.165, 1.54) is 18.3 Å². The lowest BCUT2D eigenvalue weighted by Gasteiger charge is -2.02. The van der Waals surface area contributed by atoms with Crippen molar-refractivity contribution in [3.8, 4) is 5.19 Å². The Morgan fingerprint density at radius 2 is 1.93 bits per heavy atom. The van der Waals surface area contributed by atoms with Crippen LogP contribution in [0.3, 0.4) is 0 Å². The molecule has 0 unspecified atom stereocenters. The molecular formula is C9H7NO3S2. The van der Waals surface area contributed by atoms with E-state index in [9.17, 15) is 8.42 Å². The van der Waals surface area contributed by atoms with Gasteiger partial charge >= 0.3 is 10.1 Å². The molecule has 6 heteroatoms. The van der Waals surface area contributed by atoms with Gasteiger partial charge in [0.1, 0.15) is 4.90 Å². The fourth-order valence-electron chi connectivity index (χ4n) is 0.981. The van der Waals surface area contributed by atoms with Crippen molar-refractivity contribution in [3.05, 3.63) is 41.9 Å². The molecule has 0 aliphatic heterocycles. The lowest BCUT2D eigenvalue weighted by atomic mass is 10.4. The van der Waals surface area contributed by atoms with E-state index >= 15 is 0 Å². The highest BCUT2D eigenvalue weighted by molar-refractivity contribution is 7.87. The van der Waals surface area contributed by atoms with Gasteiger partial charge in [-0.3, -0.25) is 0 Å². The first-order valence-electron chi connectivity index (χ1n) is 4.07. The Labute approximate surface area is 91.3 Å². The molecule has 0 atom stereocenters. The fourth-order valence-corrected chi connectivity index (χ4v) is 2.58. The Kier molecular flexibility index (Phi) is 2.70. The van der Waals surface area contributed by atoms with Crippen molar-refractivity contribution in [2.24, 2.45) is 0 Å². The summed E-state index contributed by atoms with van der Waals surface area (Å²) in [7, 11) is -3.74. The largest absolute Gasteiger partial charge is 0.348 e. The third kappa shape index (κ3) is 2.34. The van der Waals surface area contributed by atoms with E-state index in [1.807, 2.05) is 0 Å². The number of nitrogens with zero attached hydrogens (tertiary/aromatic N) is 1. The summed E-state index contributed by atoms with van der Waals surface area (Å²) in [5, 5.41) is 1.77. The molecule has 0 spiro atoms. The average Bonchev–Trinajstić information content (AvgIpc) is 2.71. The van der Waals surface area contributed by atoms with Crippen LogP contribution in [0.5, 0.6) is 5.19 Å². The molecular weight excluding hydrogens is 234 g/mol. The van der Waals surface area contributed by atoms with Gasteiger partial charge in [-0.25, -0.2) is 4.98 Å². The maximum atomic E-state index is 11.6. The molecule has 0 bridgehead atoms. The molecule has 0 saturated carbocycles. The van der Waals surface area contributed by atoms with E-state index in [1.54, 1.807) is 23.6 Å². The third-order valence-electron chi connectivity index (χ3n) is 1.62. The molecule has 0 aliphatic carbocycles. The Bertz CT molecular complexity index is 520. The first kappa shape index (κ1) is 10.1. The van der Waals surface area contributed by atoms with Gasteiger partial charge in [0.25, 0.3) is 5.19 Å². The molecule has 78 valence electrons. The zero-order chi connectivity index (χ0) is 10.7. The van der Waals surface area contributed by atoms with Crippen LogP contribution in [0.2, 0.25) is 0 Å². The predicted octanol–water partition coefficient (Wildman–Crippen LogP) is 1.91. The predicted molar refractivity (Wildman–Crippen MR) is 56.4 cm³/mol. The SMILES string of the molecule is O=S(=O)(Oc1nccs1)c1ccccc1. The van der Waals surface area contributed by atoms with Gasteiger partial charge in [0.15, 0.2) is 0 Å². The van der Waals surface area contributed by atoms with Crippen LogP contribution in [-0.4, -0.2) is 13.4 Å². The summed E-state index contributed by atoms with van der Waals surface area (Å²) in [6.07, 6.45) is 1.49. The van der Waals surface area contributed by atoms with E-state index in [0.717, 1.165) is 11.3 Å². The highest BCUT2D eigenvalue weighted by Gasteiger charge is 2.16. The average molecular weight is 241 g/mol. The van der Waals surface area contributed by atoms with Crippen LogP contribution in [0.25, 0.3) is 0 Å². The molecule has 2 rings (SSSR count). The topological polar surface area (TPSA) is 56.3 Å². The van der Waals surface area contributed by atoms with Crippen LogP contribution < -0.4 is 4.18 Å². The summed E-state index contributed by atoms with van der Waals surface area (Å²) in [6.45, 7) is 0. The van der Waals surface area contributed by atoms with Gasteiger partial charge in [-0.1, -0.05) is 29.5 Å². The molecule has 0 fully saturated rings. The quantitative estimate of drug-likeness (QED) is 0.770. The van der Waals surface area contributed by atoms with Crippen molar-refractivity contribution in [1.29, 1.82) is 0 Å². The lowest BCUT2D eigenvalue weighted by molar-refractivity contribution is 0.484. The molecule has 0 N–H and O–H groups in total. The molecule has 0 radical (unpaired) electrons. The number of hydrogen-bond acceptors (Lipinski definition) is 5. The summed E-state index contributed by atoms with van der Waals surface area (Å²) in [5.74, 6) is 0. The van der Waals surface area contributed by atoms with Crippen molar-refractivity contribution in [3.63, 3.8) is 0 Å². The Hall–Kier alpha value is -1.40. The van der Waals surface area contributed by atoms with E-state index in [0.29, 0.717) is 0 Å². The van der Waals surface area contributed by atoms with Crippen LogP contribution in [0.15, 0.2) is 46.8 Å². The van der Waals surface area contributed by atoms with Crippen molar-refractivity contribution in [2.75, 3.05) is 0 Å².